The summed E-state index contributed by atoms with van der Waals surface area (Å²) in [4.78, 5) is 25.6. The Morgan fingerprint density at radius 3 is 2.25 bits per heavy atom. The molecule has 1 saturated carbocycles. The average molecular weight is 285 g/mol. The van der Waals surface area contributed by atoms with Crippen molar-refractivity contribution in [3.63, 3.8) is 0 Å². The van der Waals surface area contributed by atoms with E-state index >= 15 is 0 Å². The van der Waals surface area contributed by atoms with E-state index < -0.39 is 34.7 Å². The summed E-state index contributed by atoms with van der Waals surface area (Å²) in [7, 11) is 1.29. The first-order valence-electron chi connectivity index (χ1n) is 6.84. The lowest BCUT2D eigenvalue weighted by Crippen LogP contribution is -2.46. The van der Waals surface area contributed by atoms with E-state index in [1.165, 1.54) is 12.0 Å². The Morgan fingerprint density at radius 2 is 1.85 bits per heavy atom. The highest BCUT2D eigenvalue weighted by Gasteiger charge is 2.71. The van der Waals surface area contributed by atoms with Gasteiger partial charge in [0.2, 0.25) is 0 Å². The standard InChI is InChI=1S/C14H23NO5/c1-12(2,3)20-11(17)15-8-13(4,18)14(6-7-14)9(15)10(16)19-5/h9,18H,6-8H2,1-5H3. The lowest BCUT2D eigenvalue weighted by molar-refractivity contribution is -0.148. The summed E-state index contributed by atoms with van der Waals surface area (Å²) >= 11 is 0. The van der Waals surface area contributed by atoms with E-state index in [0.717, 1.165) is 0 Å². The zero-order valence-corrected chi connectivity index (χ0v) is 12.7. The molecule has 6 heteroatoms. The number of β-amino-alcohol motifs (C(OH)–C–C–N with tert-alkyl or cyclic N) is 1. The molecule has 0 aromatic rings. The normalized spacial score (nSPS) is 31.3. The van der Waals surface area contributed by atoms with Gasteiger partial charge in [-0.05, 0) is 40.5 Å². The fraction of sp³-hybridized carbons (Fsp3) is 0.857. The van der Waals surface area contributed by atoms with E-state index in [1.807, 2.05) is 0 Å². The summed E-state index contributed by atoms with van der Waals surface area (Å²) in [5.74, 6) is -0.494. The minimum atomic E-state index is -1.09. The Bertz CT molecular complexity index is 433. The highest BCUT2D eigenvalue weighted by Crippen LogP contribution is 2.62. The topological polar surface area (TPSA) is 76.1 Å². The van der Waals surface area contributed by atoms with Gasteiger partial charge in [0, 0.05) is 5.41 Å². The third-order valence-electron chi connectivity index (χ3n) is 4.23. The molecule has 0 aromatic heterocycles. The second-order valence-electron chi connectivity index (χ2n) is 6.96. The van der Waals surface area contributed by atoms with E-state index in [1.54, 1.807) is 27.7 Å². The molecule has 1 heterocycles. The predicted molar refractivity (Wildman–Crippen MR) is 71.0 cm³/mol. The Morgan fingerprint density at radius 1 is 1.30 bits per heavy atom. The van der Waals surface area contributed by atoms with Gasteiger partial charge in [-0.1, -0.05) is 0 Å². The fourth-order valence-electron chi connectivity index (χ4n) is 3.07. The van der Waals surface area contributed by atoms with E-state index in [-0.39, 0.29) is 6.54 Å². The molecule has 1 spiro atoms. The number of aliphatic hydroxyl groups is 1. The van der Waals surface area contributed by atoms with Gasteiger partial charge in [-0.15, -0.1) is 0 Å². The fourth-order valence-corrected chi connectivity index (χ4v) is 3.07. The van der Waals surface area contributed by atoms with Gasteiger partial charge in [-0.2, -0.15) is 0 Å². The first kappa shape index (κ1) is 15.1. The lowest BCUT2D eigenvalue weighted by Gasteiger charge is -2.29. The maximum atomic E-state index is 12.3. The first-order valence-corrected chi connectivity index (χ1v) is 6.84. The number of likely N-dealkylation sites (tertiary alicyclic amines) is 1. The van der Waals surface area contributed by atoms with Crippen LogP contribution in [0.3, 0.4) is 0 Å². The number of carbonyl (C=O) groups excluding carboxylic acids is 2. The van der Waals surface area contributed by atoms with Crippen molar-refractivity contribution in [2.24, 2.45) is 5.41 Å². The van der Waals surface area contributed by atoms with Crippen LogP contribution < -0.4 is 0 Å². The van der Waals surface area contributed by atoms with E-state index in [4.69, 9.17) is 9.47 Å². The van der Waals surface area contributed by atoms with Crippen molar-refractivity contribution in [3.8, 4) is 0 Å². The molecule has 20 heavy (non-hydrogen) atoms. The van der Waals surface area contributed by atoms with Crippen LogP contribution in [0.25, 0.3) is 0 Å². The smallest absolute Gasteiger partial charge is 0.411 e. The van der Waals surface area contributed by atoms with Crippen molar-refractivity contribution in [1.29, 1.82) is 0 Å². The molecule has 2 rings (SSSR count). The number of hydrogen-bond acceptors (Lipinski definition) is 5. The van der Waals surface area contributed by atoms with Crippen molar-refractivity contribution in [2.75, 3.05) is 13.7 Å². The molecule has 6 nitrogen and oxygen atoms in total. The van der Waals surface area contributed by atoms with Gasteiger partial charge in [0.15, 0.2) is 0 Å². The minimum absolute atomic E-state index is 0.0850. The van der Waals surface area contributed by atoms with Gasteiger partial charge in [0.05, 0.1) is 19.3 Å². The number of methoxy groups -OCH3 is 1. The Hall–Kier alpha value is -1.30. The zero-order valence-electron chi connectivity index (χ0n) is 12.7. The SMILES string of the molecule is COC(=O)C1N(C(=O)OC(C)(C)C)CC(C)(O)C12CC2. The van der Waals surface area contributed by atoms with Crippen LogP contribution in [0.1, 0.15) is 40.5 Å². The van der Waals surface area contributed by atoms with Gasteiger partial charge in [0.25, 0.3) is 0 Å². The van der Waals surface area contributed by atoms with Crippen molar-refractivity contribution in [2.45, 2.75) is 57.8 Å². The molecule has 2 atom stereocenters. The summed E-state index contributed by atoms with van der Waals surface area (Å²) in [5, 5.41) is 10.6. The third-order valence-corrected chi connectivity index (χ3v) is 4.23. The molecule has 2 aliphatic rings. The Labute approximate surface area is 119 Å². The minimum Gasteiger partial charge on any atom is -0.467 e. The summed E-state index contributed by atoms with van der Waals surface area (Å²) in [6.07, 6.45) is 0.829. The molecule has 2 fully saturated rings. The summed E-state index contributed by atoms with van der Waals surface area (Å²) in [6.45, 7) is 7.04. The predicted octanol–water partition coefficient (Wildman–Crippen LogP) is 1.31. The number of esters is 1. The number of carbonyl (C=O) groups is 2. The summed E-state index contributed by atoms with van der Waals surface area (Å²) in [6, 6.07) is -0.766. The van der Waals surface area contributed by atoms with Gasteiger partial charge < -0.3 is 14.6 Å². The van der Waals surface area contributed by atoms with Crippen molar-refractivity contribution in [3.05, 3.63) is 0 Å². The van der Waals surface area contributed by atoms with Gasteiger partial charge in [-0.3, -0.25) is 4.90 Å². The number of amides is 1. The molecule has 1 aliphatic carbocycles. The molecule has 1 amide bonds. The van der Waals surface area contributed by atoms with Crippen molar-refractivity contribution < 1.29 is 24.2 Å². The Balaban J connectivity index is 2.28. The van der Waals surface area contributed by atoms with Crippen LogP contribution in [0.2, 0.25) is 0 Å². The van der Waals surface area contributed by atoms with Gasteiger partial charge >= 0.3 is 12.1 Å². The molecule has 114 valence electrons. The van der Waals surface area contributed by atoms with Crippen LogP contribution in [-0.4, -0.2) is 53.0 Å². The molecule has 0 aromatic carbocycles. The van der Waals surface area contributed by atoms with Crippen molar-refractivity contribution in [1.82, 2.24) is 4.90 Å². The van der Waals surface area contributed by atoms with Crippen LogP contribution in [-0.2, 0) is 14.3 Å². The third kappa shape index (κ3) is 2.26. The number of hydrogen-bond donors (Lipinski definition) is 1. The molecular formula is C14H23NO5. The second-order valence-corrected chi connectivity index (χ2v) is 6.96. The molecule has 1 saturated heterocycles. The van der Waals surface area contributed by atoms with Crippen molar-refractivity contribution >= 4 is 12.1 Å². The molecular weight excluding hydrogens is 262 g/mol. The van der Waals surface area contributed by atoms with E-state index in [0.29, 0.717) is 12.8 Å². The molecule has 0 bridgehead atoms. The average Bonchev–Trinajstić information content (AvgIpc) is 3.02. The van der Waals surface area contributed by atoms with Gasteiger partial charge in [0.1, 0.15) is 11.6 Å². The first-order chi connectivity index (χ1) is 9.04. The molecule has 0 radical (unpaired) electrons. The maximum absolute atomic E-state index is 12.3. The monoisotopic (exact) mass is 285 g/mol. The lowest BCUT2D eigenvalue weighted by atomic mass is 9.84. The van der Waals surface area contributed by atoms with Gasteiger partial charge in [-0.25, -0.2) is 9.59 Å². The quantitative estimate of drug-likeness (QED) is 0.735. The number of rotatable bonds is 1. The molecule has 2 unspecified atom stereocenters. The largest absolute Gasteiger partial charge is 0.467 e. The summed E-state index contributed by atoms with van der Waals surface area (Å²) in [5.41, 5.74) is -2.33. The van der Waals surface area contributed by atoms with E-state index in [9.17, 15) is 14.7 Å². The molecule has 1 aliphatic heterocycles. The highest BCUT2D eigenvalue weighted by atomic mass is 16.6. The summed E-state index contributed by atoms with van der Waals surface area (Å²) < 4.78 is 10.1. The van der Waals surface area contributed by atoms with Crippen LogP contribution >= 0.6 is 0 Å². The van der Waals surface area contributed by atoms with Crippen LogP contribution in [0, 0.1) is 5.41 Å². The highest BCUT2D eigenvalue weighted by molar-refractivity contribution is 5.84. The van der Waals surface area contributed by atoms with Crippen LogP contribution in [0.4, 0.5) is 4.79 Å². The number of ether oxygens (including phenoxy) is 2. The van der Waals surface area contributed by atoms with Crippen LogP contribution in [0.15, 0.2) is 0 Å². The maximum Gasteiger partial charge on any atom is 0.411 e. The van der Waals surface area contributed by atoms with Crippen LogP contribution in [0.5, 0.6) is 0 Å². The zero-order chi connectivity index (χ0) is 15.3. The second kappa shape index (κ2) is 4.35. The number of nitrogens with zero attached hydrogens (tertiary/aromatic N) is 1. The molecule has 1 N–H and O–H groups in total. The Kier molecular flexibility index (Phi) is 3.28. The van der Waals surface area contributed by atoms with E-state index in [2.05, 4.69) is 0 Å².